The summed E-state index contributed by atoms with van der Waals surface area (Å²) in [6.07, 6.45) is 0. The fourth-order valence-corrected chi connectivity index (χ4v) is 2.90. The molecule has 5 nitrogen and oxygen atoms in total. The highest BCUT2D eigenvalue weighted by molar-refractivity contribution is 7.99. The van der Waals surface area contributed by atoms with Crippen LogP contribution in [0.2, 0.25) is 0 Å². The minimum absolute atomic E-state index is 0.236. The number of carbonyl (C=O) groups excluding carboxylic acids is 3. The van der Waals surface area contributed by atoms with Crippen LogP contribution < -0.4 is 0 Å². The Morgan fingerprint density at radius 2 is 1.57 bits per heavy atom. The number of amides is 2. The van der Waals surface area contributed by atoms with Gasteiger partial charge < -0.3 is 4.84 Å². The maximum absolute atomic E-state index is 12.1. The van der Waals surface area contributed by atoms with E-state index in [4.69, 9.17) is 4.84 Å². The summed E-state index contributed by atoms with van der Waals surface area (Å²) in [5.74, 6) is -1.07. The summed E-state index contributed by atoms with van der Waals surface area (Å²) in [5.41, 5.74) is 0.752. The summed E-state index contributed by atoms with van der Waals surface area (Å²) in [5, 5.41) is 0.516. The Morgan fingerprint density at radius 3 is 2.09 bits per heavy atom. The summed E-state index contributed by atoms with van der Waals surface area (Å²) in [4.78, 5) is 42.4. The van der Waals surface area contributed by atoms with Crippen molar-refractivity contribution in [1.82, 2.24) is 5.06 Å². The lowest BCUT2D eigenvalue weighted by Gasteiger charge is -2.12. The Hall–Kier alpha value is -2.60. The summed E-state index contributed by atoms with van der Waals surface area (Å²) < 4.78 is 0. The van der Waals surface area contributed by atoms with Crippen molar-refractivity contribution in [2.45, 2.75) is 11.8 Å². The fraction of sp³-hybridized carbons (Fsp3) is 0.118. The minimum Gasteiger partial charge on any atom is -0.324 e. The molecule has 1 aliphatic heterocycles. The fourth-order valence-electron chi connectivity index (χ4n) is 2.24. The second-order valence-corrected chi connectivity index (χ2v) is 6.12. The number of imide groups is 1. The van der Waals surface area contributed by atoms with Gasteiger partial charge in [0.25, 0.3) is 11.8 Å². The highest BCUT2D eigenvalue weighted by Crippen LogP contribution is 2.24. The summed E-state index contributed by atoms with van der Waals surface area (Å²) in [7, 11) is 0. The Bertz CT molecular complexity index is 750. The van der Waals surface area contributed by atoms with E-state index >= 15 is 0 Å². The van der Waals surface area contributed by atoms with E-state index in [9.17, 15) is 14.4 Å². The van der Waals surface area contributed by atoms with Crippen LogP contribution in [0, 0.1) is 0 Å². The number of carbonyl (C=O) groups is 3. The number of rotatable bonds is 4. The smallest absolute Gasteiger partial charge is 0.324 e. The first-order valence-corrected chi connectivity index (χ1v) is 8.03. The van der Waals surface area contributed by atoms with Crippen molar-refractivity contribution in [2.24, 2.45) is 0 Å². The quantitative estimate of drug-likeness (QED) is 0.637. The van der Waals surface area contributed by atoms with Gasteiger partial charge in [0.05, 0.1) is 16.7 Å². The number of nitrogens with zero attached hydrogens (tertiary/aromatic N) is 1. The van der Waals surface area contributed by atoms with Gasteiger partial charge in [0.1, 0.15) is 0 Å². The maximum Gasteiger partial charge on any atom is 0.363 e. The second-order valence-electron chi connectivity index (χ2n) is 4.79. The van der Waals surface area contributed by atoms with E-state index in [0.717, 1.165) is 10.6 Å². The number of hydrogen-bond acceptors (Lipinski definition) is 5. The monoisotopic (exact) mass is 327 g/mol. The average molecular weight is 327 g/mol. The molecule has 0 atom stereocenters. The van der Waals surface area contributed by atoms with Crippen LogP contribution in [0.15, 0.2) is 53.4 Å². The molecular formula is C17H13NO4S. The lowest BCUT2D eigenvalue weighted by Crippen LogP contribution is -2.32. The normalized spacial score (nSPS) is 13.2. The highest BCUT2D eigenvalue weighted by atomic mass is 32.2. The molecule has 0 unspecified atom stereocenters. The van der Waals surface area contributed by atoms with Crippen molar-refractivity contribution in [3.63, 3.8) is 0 Å². The van der Waals surface area contributed by atoms with Crippen LogP contribution in [0.25, 0.3) is 0 Å². The Morgan fingerprint density at radius 1 is 1.00 bits per heavy atom. The topological polar surface area (TPSA) is 63.7 Å². The van der Waals surface area contributed by atoms with E-state index in [1.54, 1.807) is 48.2 Å². The molecule has 23 heavy (non-hydrogen) atoms. The largest absolute Gasteiger partial charge is 0.363 e. The molecule has 2 aromatic rings. The molecule has 0 aliphatic carbocycles. The van der Waals surface area contributed by atoms with Crippen LogP contribution in [0.4, 0.5) is 0 Å². The zero-order valence-electron chi connectivity index (χ0n) is 12.3. The SMILES string of the molecule is CCSc1ccc(C(=O)ON2C(=O)c3ccccc3C2=O)cc1. The molecule has 0 aromatic heterocycles. The third kappa shape index (κ3) is 2.85. The van der Waals surface area contributed by atoms with E-state index in [1.807, 2.05) is 6.92 Å². The minimum atomic E-state index is -0.743. The average Bonchev–Trinajstić information content (AvgIpc) is 2.81. The molecule has 0 N–H and O–H groups in total. The van der Waals surface area contributed by atoms with Gasteiger partial charge in [-0.15, -0.1) is 11.8 Å². The van der Waals surface area contributed by atoms with Crippen molar-refractivity contribution in [3.8, 4) is 0 Å². The molecule has 3 rings (SSSR count). The lowest BCUT2D eigenvalue weighted by molar-refractivity contribution is -0.0584. The molecule has 0 saturated carbocycles. The molecule has 0 fully saturated rings. The number of fused-ring (bicyclic) bond motifs is 1. The van der Waals surface area contributed by atoms with E-state index in [0.29, 0.717) is 5.06 Å². The van der Waals surface area contributed by atoms with E-state index in [1.165, 1.54) is 12.1 Å². The zero-order chi connectivity index (χ0) is 16.4. The molecule has 0 radical (unpaired) electrons. The van der Waals surface area contributed by atoms with Gasteiger partial charge in [0.2, 0.25) is 0 Å². The first-order chi connectivity index (χ1) is 11.1. The molecule has 1 aliphatic rings. The molecule has 116 valence electrons. The summed E-state index contributed by atoms with van der Waals surface area (Å²) in [6, 6.07) is 13.2. The number of hydrogen-bond donors (Lipinski definition) is 0. The van der Waals surface area contributed by atoms with Crippen molar-refractivity contribution < 1.29 is 19.2 Å². The maximum atomic E-state index is 12.1. The standard InChI is InChI=1S/C17H13NO4S/c1-2-23-12-9-7-11(8-10-12)17(21)22-18-15(19)13-5-3-4-6-14(13)16(18)20/h3-10H,2H2,1H3. The number of benzene rings is 2. The van der Waals surface area contributed by atoms with Gasteiger partial charge in [-0.05, 0) is 42.2 Å². The Balaban J connectivity index is 1.76. The Kier molecular flexibility index (Phi) is 4.16. The van der Waals surface area contributed by atoms with E-state index in [-0.39, 0.29) is 16.7 Å². The van der Waals surface area contributed by atoms with Crippen LogP contribution in [0.1, 0.15) is 38.0 Å². The van der Waals surface area contributed by atoms with Crippen LogP contribution in [0.5, 0.6) is 0 Å². The molecule has 2 amide bonds. The molecule has 1 heterocycles. The van der Waals surface area contributed by atoms with Crippen LogP contribution in [-0.2, 0) is 4.84 Å². The lowest BCUT2D eigenvalue weighted by atomic mass is 10.1. The molecule has 0 spiro atoms. The molecule has 2 aromatic carbocycles. The molecule has 0 saturated heterocycles. The van der Waals surface area contributed by atoms with Crippen molar-refractivity contribution in [1.29, 1.82) is 0 Å². The predicted molar refractivity (Wildman–Crippen MR) is 85.2 cm³/mol. The summed E-state index contributed by atoms with van der Waals surface area (Å²) in [6.45, 7) is 2.04. The van der Waals surface area contributed by atoms with Gasteiger partial charge >= 0.3 is 5.97 Å². The third-order valence-electron chi connectivity index (χ3n) is 3.33. The third-order valence-corrected chi connectivity index (χ3v) is 4.23. The van der Waals surface area contributed by atoms with Gasteiger partial charge in [-0.2, -0.15) is 0 Å². The van der Waals surface area contributed by atoms with Crippen molar-refractivity contribution in [2.75, 3.05) is 5.75 Å². The second kappa shape index (κ2) is 6.26. The van der Waals surface area contributed by atoms with Crippen LogP contribution in [0.3, 0.4) is 0 Å². The van der Waals surface area contributed by atoms with Crippen molar-refractivity contribution in [3.05, 3.63) is 65.2 Å². The zero-order valence-corrected chi connectivity index (χ0v) is 13.1. The number of thioether (sulfide) groups is 1. The van der Waals surface area contributed by atoms with Gasteiger partial charge in [-0.25, -0.2) is 4.79 Å². The Labute approximate surface area is 137 Å². The molecule has 6 heteroatoms. The first kappa shape index (κ1) is 15.3. The molecule has 0 bridgehead atoms. The van der Waals surface area contributed by atoms with Crippen LogP contribution in [-0.4, -0.2) is 28.6 Å². The van der Waals surface area contributed by atoms with E-state index < -0.39 is 17.8 Å². The highest BCUT2D eigenvalue weighted by Gasteiger charge is 2.38. The molecular weight excluding hydrogens is 314 g/mol. The van der Waals surface area contributed by atoms with Gasteiger partial charge in [-0.3, -0.25) is 9.59 Å². The van der Waals surface area contributed by atoms with E-state index in [2.05, 4.69) is 0 Å². The van der Waals surface area contributed by atoms with Crippen LogP contribution >= 0.6 is 11.8 Å². The van der Waals surface area contributed by atoms with Gasteiger partial charge in [-0.1, -0.05) is 24.1 Å². The first-order valence-electron chi connectivity index (χ1n) is 7.04. The number of hydroxylamine groups is 2. The van der Waals surface area contributed by atoms with Gasteiger partial charge in [0, 0.05) is 4.90 Å². The van der Waals surface area contributed by atoms with Gasteiger partial charge in [0.15, 0.2) is 0 Å². The van der Waals surface area contributed by atoms with Crippen molar-refractivity contribution >= 4 is 29.5 Å². The predicted octanol–water partition coefficient (Wildman–Crippen LogP) is 3.17. The summed E-state index contributed by atoms with van der Waals surface area (Å²) >= 11 is 1.65.